The van der Waals surface area contributed by atoms with Gasteiger partial charge in [0.2, 0.25) is 0 Å². The Morgan fingerprint density at radius 1 is 0.619 bits per heavy atom. The molecular weight excluding hydrogens is 627 g/mol. The molecule has 1 unspecified atom stereocenters. The van der Waals surface area contributed by atoms with E-state index < -0.39 is 9.52 Å². The van der Waals surface area contributed by atoms with Crippen LogP contribution in [0.5, 0.6) is 0 Å². The molecule has 0 nitrogen and oxygen atoms in total. The fourth-order valence-corrected chi connectivity index (χ4v) is 8.15. The molecular formula is C37H47Cl3SiTi. The van der Waals surface area contributed by atoms with Crippen LogP contribution >= 0.6 is 0 Å². The van der Waals surface area contributed by atoms with Gasteiger partial charge in [0.1, 0.15) is 0 Å². The fraction of sp³-hybridized carbons (Fsp3) is 0.378. The zero-order chi connectivity index (χ0) is 28.0. The summed E-state index contributed by atoms with van der Waals surface area (Å²) in [5, 5.41) is 1.53. The van der Waals surface area contributed by atoms with E-state index in [1.807, 2.05) is 0 Å². The Bertz CT molecular complexity index is 1400. The molecule has 0 aliphatic carbocycles. The first-order valence-electron chi connectivity index (χ1n) is 14.2. The Morgan fingerprint density at radius 3 is 1.55 bits per heavy atom. The average molecular weight is 674 g/mol. The minimum atomic E-state index is -0.650. The Kier molecular flexibility index (Phi) is 15.3. The second kappa shape index (κ2) is 15.7. The van der Waals surface area contributed by atoms with Crippen LogP contribution in [0.15, 0.2) is 66.7 Å². The van der Waals surface area contributed by atoms with Crippen molar-refractivity contribution < 1.29 is 58.9 Å². The number of hydrogen-bond donors (Lipinski definition) is 0. The molecule has 0 heterocycles. The van der Waals surface area contributed by atoms with E-state index in [0.29, 0.717) is 5.54 Å². The van der Waals surface area contributed by atoms with E-state index >= 15 is 0 Å². The van der Waals surface area contributed by atoms with E-state index in [9.17, 15) is 0 Å². The van der Waals surface area contributed by atoms with Gasteiger partial charge in [0, 0.05) is 0 Å². The van der Waals surface area contributed by atoms with Crippen LogP contribution in [-0.2, 0) is 32.5 Å². The molecule has 224 valence electrons. The Hall–Kier alpha value is -1.19. The Balaban J connectivity index is 0.00000420. The summed E-state index contributed by atoms with van der Waals surface area (Å²) in [5.74, 6) is 0. The molecule has 0 saturated heterocycles. The van der Waals surface area contributed by atoms with Crippen molar-refractivity contribution in [1.29, 1.82) is 0 Å². The van der Waals surface area contributed by atoms with Gasteiger partial charge in [-0.1, -0.05) is 168 Å². The van der Waals surface area contributed by atoms with Crippen molar-refractivity contribution in [3.05, 3.63) is 117 Å². The second-order valence-corrected chi connectivity index (χ2v) is 15.7. The van der Waals surface area contributed by atoms with Crippen LogP contribution in [0, 0.1) is 34.6 Å². The van der Waals surface area contributed by atoms with Crippen molar-refractivity contribution in [2.45, 2.75) is 92.5 Å². The van der Waals surface area contributed by atoms with E-state index in [1.54, 1.807) is 5.56 Å². The third-order valence-corrected chi connectivity index (χ3v) is 10.6. The van der Waals surface area contributed by atoms with Crippen molar-refractivity contribution >= 4 is 14.7 Å². The summed E-state index contributed by atoms with van der Waals surface area (Å²) in [6.45, 7) is 25.6. The summed E-state index contributed by atoms with van der Waals surface area (Å²) >= 11 is 0. The summed E-state index contributed by atoms with van der Waals surface area (Å²) in [5.41, 5.74) is 16.4. The van der Waals surface area contributed by atoms with Gasteiger partial charge in [-0.3, -0.25) is 0 Å². The molecule has 5 heteroatoms. The van der Waals surface area contributed by atoms with E-state index in [2.05, 4.69) is 143 Å². The molecule has 1 atom stereocenters. The van der Waals surface area contributed by atoms with Gasteiger partial charge >= 0.3 is 21.7 Å². The summed E-state index contributed by atoms with van der Waals surface area (Å²) in [6, 6.07) is 25.9. The monoisotopic (exact) mass is 672 g/mol. The van der Waals surface area contributed by atoms with Gasteiger partial charge in [-0.2, -0.15) is 11.1 Å². The molecule has 0 bridgehead atoms. The predicted octanol–water partition coefficient (Wildman–Crippen LogP) is -0.197. The van der Waals surface area contributed by atoms with Gasteiger partial charge in [0.15, 0.2) is 0 Å². The van der Waals surface area contributed by atoms with Crippen LogP contribution in [0.4, 0.5) is 0 Å². The van der Waals surface area contributed by atoms with E-state index in [0.717, 1.165) is 0 Å². The molecule has 0 aromatic heterocycles. The zero-order valence-corrected chi connectivity index (χ0v) is 32.5. The molecule has 0 amide bonds. The molecule has 0 radical (unpaired) electrons. The van der Waals surface area contributed by atoms with Crippen LogP contribution in [0.1, 0.15) is 97.2 Å². The third kappa shape index (κ3) is 8.93. The van der Waals surface area contributed by atoms with Crippen LogP contribution in [0.3, 0.4) is 0 Å². The number of halogens is 3. The van der Waals surface area contributed by atoms with Crippen molar-refractivity contribution in [3.8, 4) is 11.1 Å². The molecule has 0 fully saturated rings. The molecule has 4 aromatic rings. The molecule has 0 aliphatic rings. The maximum atomic E-state index is 2.49. The first-order valence-corrected chi connectivity index (χ1v) is 15.7. The summed E-state index contributed by atoms with van der Waals surface area (Å²) in [4.78, 5) is 0. The minimum Gasteiger partial charge on any atom is -1.00 e. The van der Waals surface area contributed by atoms with Crippen LogP contribution in [0.25, 0.3) is 11.1 Å². The van der Waals surface area contributed by atoms with Crippen LogP contribution in [-0.4, -0.2) is 9.52 Å². The Labute approximate surface area is 292 Å². The average Bonchev–Trinajstić information content (AvgIpc) is 3.05. The summed E-state index contributed by atoms with van der Waals surface area (Å²) < 4.78 is 0. The third-order valence-electron chi connectivity index (χ3n) is 8.40. The molecule has 0 spiro atoms. The first kappa shape index (κ1) is 40.8. The second-order valence-electron chi connectivity index (χ2n) is 13.6. The molecule has 42 heavy (non-hydrogen) atoms. The van der Waals surface area contributed by atoms with E-state index in [1.165, 1.54) is 60.8 Å². The quantitative estimate of drug-likeness (QED) is 0.204. The summed E-state index contributed by atoms with van der Waals surface area (Å²) in [6.07, 6.45) is 0. The molecule has 4 rings (SSSR count). The van der Waals surface area contributed by atoms with E-state index in [-0.39, 0.29) is 69.8 Å². The normalized spacial score (nSPS) is 12.2. The predicted molar refractivity (Wildman–Crippen MR) is 171 cm³/mol. The van der Waals surface area contributed by atoms with Crippen molar-refractivity contribution in [1.82, 2.24) is 0 Å². The molecule has 0 N–H and O–H groups in total. The standard InChI is InChI=1S/C37H47Si.3ClH.Ti/c1-23-17-24(2)19-29(18-23)35(38-32-15-13-12-14-16-32)34-27(5)25(3)26(4)33(34)28-20-30(36(6,7)8)22-31(21-28)37(9,10)11;;;;/h12-22,35H,38H2,1-11H3;3*1H;/q-1;;;;+4/p-3. The number of benzene rings is 3. The van der Waals surface area contributed by atoms with Gasteiger partial charge in [0.05, 0.1) is 9.52 Å². The van der Waals surface area contributed by atoms with Crippen molar-refractivity contribution in [2.75, 3.05) is 0 Å². The zero-order valence-electron chi connectivity index (χ0n) is 27.3. The van der Waals surface area contributed by atoms with Gasteiger partial charge < -0.3 is 37.2 Å². The van der Waals surface area contributed by atoms with Gasteiger partial charge in [-0.05, 0) is 30.2 Å². The van der Waals surface area contributed by atoms with Gasteiger partial charge in [-0.15, -0.1) is 16.7 Å². The topological polar surface area (TPSA) is 0 Å². The number of rotatable bonds is 5. The van der Waals surface area contributed by atoms with Gasteiger partial charge in [0.25, 0.3) is 0 Å². The maximum absolute atomic E-state index is 2.49. The largest absolute Gasteiger partial charge is 4.00 e. The van der Waals surface area contributed by atoms with Crippen molar-refractivity contribution in [3.63, 3.8) is 0 Å². The van der Waals surface area contributed by atoms with Crippen molar-refractivity contribution in [2.24, 2.45) is 0 Å². The fourth-order valence-electron chi connectivity index (χ4n) is 5.95. The minimum absolute atomic E-state index is 0. The summed E-state index contributed by atoms with van der Waals surface area (Å²) in [7, 11) is -0.650. The maximum Gasteiger partial charge on any atom is 4.00 e. The molecule has 0 saturated carbocycles. The SMILES string of the molecule is Cc1cc(C)cc(C([SiH2]c2ccccc2)[c-]2c(C)c(C)c(C)c2-c2cc(C(C)(C)C)cc(C(C)(C)C)c2)c1.[Cl-].[Cl-].[Cl-].[Ti+4]. The van der Waals surface area contributed by atoms with Crippen LogP contribution in [0.2, 0.25) is 0 Å². The first-order chi connectivity index (χ1) is 17.7. The smallest absolute Gasteiger partial charge is 1.00 e. The van der Waals surface area contributed by atoms with E-state index in [4.69, 9.17) is 0 Å². The number of aryl methyl sites for hydroxylation is 2. The molecule has 4 aromatic carbocycles. The van der Waals surface area contributed by atoms with Gasteiger partial charge in [-0.25, -0.2) is 0 Å². The number of hydrogen-bond acceptors (Lipinski definition) is 0. The Morgan fingerprint density at radius 2 is 1.10 bits per heavy atom. The molecule has 0 aliphatic heterocycles. The van der Waals surface area contributed by atoms with Crippen LogP contribution < -0.4 is 42.4 Å².